The molecule has 0 aliphatic carbocycles. The summed E-state index contributed by atoms with van der Waals surface area (Å²) in [5.41, 5.74) is 1.48. The molecule has 2 amide bonds. The summed E-state index contributed by atoms with van der Waals surface area (Å²) < 4.78 is 0.893. The molecule has 0 aliphatic heterocycles. The molecule has 5 nitrogen and oxygen atoms in total. The molecule has 3 rings (SSSR count). The Labute approximate surface area is 164 Å². The predicted octanol–water partition coefficient (Wildman–Crippen LogP) is 5.03. The van der Waals surface area contributed by atoms with Crippen LogP contribution < -0.4 is 10.6 Å². The molecule has 0 saturated carbocycles. The van der Waals surface area contributed by atoms with E-state index in [0.717, 1.165) is 15.1 Å². The van der Waals surface area contributed by atoms with Crippen molar-refractivity contribution in [2.45, 2.75) is 24.0 Å². The predicted molar refractivity (Wildman–Crippen MR) is 109 cm³/mol. The number of thiazole rings is 1. The fourth-order valence-electron chi connectivity index (χ4n) is 2.22. The number of amides is 2. The monoisotopic (exact) mass is 405 g/mol. The molecular weight excluding hydrogens is 390 g/mol. The van der Waals surface area contributed by atoms with Crippen molar-refractivity contribution in [1.82, 2.24) is 4.98 Å². The van der Waals surface area contributed by atoms with Crippen molar-refractivity contribution in [3.05, 3.63) is 47.5 Å². The van der Waals surface area contributed by atoms with Crippen LogP contribution in [-0.4, -0.2) is 22.0 Å². The molecule has 0 fully saturated rings. The maximum absolute atomic E-state index is 12.4. The summed E-state index contributed by atoms with van der Waals surface area (Å²) in [5.74, 6) is -0.249. The summed E-state index contributed by atoms with van der Waals surface area (Å²) in [7, 11) is 0. The van der Waals surface area contributed by atoms with Gasteiger partial charge in [0.25, 0.3) is 0 Å². The molecular formula is C18H16ClN3O2S2. The van der Waals surface area contributed by atoms with Gasteiger partial charge in [0.2, 0.25) is 11.8 Å². The Kier molecular flexibility index (Phi) is 5.80. The van der Waals surface area contributed by atoms with Crippen LogP contribution in [0.2, 0.25) is 5.02 Å². The van der Waals surface area contributed by atoms with Crippen molar-refractivity contribution in [2.24, 2.45) is 0 Å². The number of benzene rings is 2. The minimum atomic E-state index is -0.261. The van der Waals surface area contributed by atoms with Gasteiger partial charge in [0.15, 0.2) is 5.13 Å². The molecule has 0 bridgehead atoms. The third-order valence-electron chi connectivity index (χ3n) is 3.43. The number of carbonyl (C=O) groups excluding carboxylic acids is 2. The number of hydrogen-bond acceptors (Lipinski definition) is 5. The van der Waals surface area contributed by atoms with Gasteiger partial charge in [-0.1, -0.05) is 22.9 Å². The summed E-state index contributed by atoms with van der Waals surface area (Å²) in [6, 6.07) is 12.9. The van der Waals surface area contributed by atoms with Crippen LogP contribution >= 0.6 is 34.7 Å². The van der Waals surface area contributed by atoms with Crippen LogP contribution in [0.5, 0.6) is 0 Å². The summed E-state index contributed by atoms with van der Waals surface area (Å²) in [6.45, 7) is 3.30. The van der Waals surface area contributed by atoms with Gasteiger partial charge < -0.3 is 10.6 Å². The fourth-order valence-corrected chi connectivity index (χ4v) is 4.17. The third-order valence-corrected chi connectivity index (χ3v) is 5.73. The standard InChI is InChI=1S/C18H16ClN3O2S2/c1-10(25-14-6-3-12(19)4-7-14)17(24)21-13-5-8-15-16(9-13)26-18(22-15)20-11(2)23/h3-10H,1-2H3,(H,21,24)(H,20,22,23). The van der Waals surface area contributed by atoms with E-state index in [1.54, 1.807) is 18.2 Å². The SMILES string of the molecule is CC(=O)Nc1nc2ccc(NC(=O)C(C)Sc3ccc(Cl)cc3)cc2s1. The second-order valence-electron chi connectivity index (χ2n) is 5.59. The highest BCUT2D eigenvalue weighted by Gasteiger charge is 2.15. The van der Waals surface area contributed by atoms with Gasteiger partial charge in [0, 0.05) is 22.5 Å². The molecule has 2 N–H and O–H groups in total. The quantitative estimate of drug-likeness (QED) is 0.584. The van der Waals surface area contributed by atoms with Gasteiger partial charge in [0.1, 0.15) is 0 Å². The smallest absolute Gasteiger partial charge is 0.237 e. The molecule has 8 heteroatoms. The van der Waals surface area contributed by atoms with Crippen molar-refractivity contribution < 1.29 is 9.59 Å². The number of nitrogens with zero attached hydrogens (tertiary/aromatic N) is 1. The fraction of sp³-hybridized carbons (Fsp3) is 0.167. The Hall–Kier alpha value is -2.09. The summed E-state index contributed by atoms with van der Waals surface area (Å²) >= 11 is 8.71. The van der Waals surface area contributed by atoms with Crippen LogP contribution in [0.1, 0.15) is 13.8 Å². The molecule has 1 heterocycles. The third kappa shape index (κ3) is 4.75. The molecule has 0 spiro atoms. The van der Waals surface area contributed by atoms with Crippen molar-refractivity contribution in [1.29, 1.82) is 0 Å². The molecule has 0 saturated heterocycles. The summed E-state index contributed by atoms with van der Waals surface area (Å²) in [4.78, 5) is 28.9. The average Bonchev–Trinajstić information content (AvgIpc) is 2.97. The van der Waals surface area contributed by atoms with Crippen molar-refractivity contribution in [2.75, 3.05) is 10.6 Å². The van der Waals surface area contributed by atoms with E-state index in [1.165, 1.54) is 30.0 Å². The van der Waals surface area contributed by atoms with Crippen LogP contribution in [0, 0.1) is 0 Å². The van der Waals surface area contributed by atoms with Gasteiger partial charge in [-0.15, -0.1) is 11.8 Å². The highest BCUT2D eigenvalue weighted by atomic mass is 35.5. The lowest BCUT2D eigenvalue weighted by Gasteiger charge is -2.12. The summed E-state index contributed by atoms with van der Waals surface area (Å²) in [6.07, 6.45) is 0. The Morgan fingerprint density at radius 3 is 2.58 bits per heavy atom. The molecule has 134 valence electrons. The van der Waals surface area contributed by atoms with E-state index in [1.807, 2.05) is 31.2 Å². The van der Waals surface area contributed by atoms with E-state index in [2.05, 4.69) is 15.6 Å². The Morgan fingerprint density at radius 2 is 1.88 bits per heavy atom. The number of hydrogen-bond donors (Lipinski definition) is 2. The van der Waals surface area contributed by atoms with E-state index < -0.39 is 0 Å². The van der Waals surface area contributed by atoms with Crippen LogP contribution in [0.4, 0.5) is 10.8 Å². The van der Waals surface area contributed by atoms with Gasteiger partial charge in [-0.05, 0) is 49.4 Å². The number of halogens is 1. The highest BCUT2D eigenvalue weighted by molar-refractivity contribution is 8.00. The molecule has 1 atom stereocenters. The van der Waals surface area contributed by atoms with Crippen LogP contribution in [0.25, 0.3) is 10.2 Å². The van der Waals surface area contributed by atoms with E-state index in [4.69, 9.17) is 11.6 Å². The zero-order chi connectivity index (χ0) is 18.7. The zero-order valence-electron chi connectivity index (χ0n) is 14.1. The lowest BCUT2D eigenvalue weighted by Crippen LogP contribution is -2.22. The lowest BCUT2D eigenvalue weighted by atomic mass is 10.3. The number of carbonyl (C=O) groups is 2. The minimum Gasteiger partial charge on any atom is -0.325 e. The maximum Gasteiger partial charge on any atom is 0.237 e. The number of thioether (sulfide) groups is 1. The van der Waals surface area contributed by atoms with Crippen molar-refractivity contribution in [3.8, 4) is 0 Å². The number of aromatic nitrogens is 1. The Morgan fingerprint density at radius 1 is 1.15 bits per heavy atom. The highest BCUT2D eigenvalue weighted by Crippen LogP contribution is 2.29. The molecule has 1 unspecified atom stereocenters. The maximum atomic E-state index is 12.4. The largest absolute Gasteiger partial charge is 0.325 e. The second-order valence-corrected chi connectivity index (χ2v) is 8.47. The zero-order valence-corrected chi connectivity index (χ0v) is 16.5. The molecule has 1 aromatic heterocycles. The van der Waals surface area contributed by atoms with Crippen LogP contribution in [0.3, 0.4) is 0 Å². The lowest BCUT2D eigenvalue weighted by molar-refractivity contribution is -0.115. The van der Waals surface area contributed by atoms with Gasteiger partial charge >= 0.3 is 0 Å². The molecule has 0 aliphatic rings. The van der Waals surface area contributed by atoms with Gasteiger partial charge in [-0.2, -0.15) is 0 Å². The Balaban J connectivity index is 1.67. The van der Waals surface area contributed by atoms with Crippen LogP contribution in [-0.2, 0) is 9.59 Å². The first kappa shape index (κ1) is 18.7. The topological polar surface area (TPSA) is 71.1 Å². The van der Waals surface area contributed by atoms with Gasteiger partial charge in [-0.25, -0.2) is 4.98 Å². The first-order valence-electron chi connectivity index (χ1n) is 7.82. The van der Waals surface area contributed by atoms with Crippen molar-refractivity contribution in [3.63, 3.8) is 0 Å². The second kappa shape index (κ2) is 8.07. The number of anilines is 2. The summed E-state index contributed by atoms with van der Waals surface area (Å²) in [5, 5.41) is 6.55. The molecule has 3 aromatic rings. The van der Waals surface area contributed by atoms with E-state index in [9.17, 15) is 9.59 Å². The normalized spacial score (nSPS) is 12.0. The average molecular weight is 406 g/mol. The van der Waals surface area contributed by atoms with E-state index in [-0.39, 0.29) is 17.1 Å². The van der Waals surface area contributed by atoms with Crippen LogP contribution in [0.15, 0.2) is 47.4 Å². The van der Waals surface area contributed by atoms with Crippen molar-refractivity contribution >= 4 is 67.5 Å². The Bertz CT molecular complexity index is 957. The minimum absolute atomic E-state index is 0.0871. The molecule has 26 heavy (non-hydrogen) atoms. The van der Waals surface area contributed by atoms with E-state index in [0.29, 0.717) is 15.8 Å². The van der Waals surface area contributed by atoms with Gasteiger partial charge in [-0.3, -0.25) is 9.59 Å². The first-order valence-corrected chi connectivity index (χ1v) is 9.89. The number of nitrogens with one attached hydrogen (secondary N) is 2. The van der Waals surface area contributed by atoms with Gasteiger partial charge in [0.05, 0.1) is 15.5 Å². The molecule has 0 radical (unpaired) electrons. The number of fused-ring (bicyclic) bond motifs is 1. The number of rotatable bonds is 5. The first-order chi connectivity index (χ1) is 12.4. The molecule has 2 aromatic carbocycles. The van der Waals surface area contributed by atoms with E-state index >= 15 is 0 Å².